The summed E-state index contributed by atoms with van der Waals surface area (Å²) in [7, 11) is 3.10. The average Bonchev–Trinajstić information content (AvgIpc) is 2.93. The summed E-state index contributed by atoms with van der Waals surface area (Å²) in [4.78, 5) is 19.8. The lowest BCUT2D eigenvalue weighted by molar-refractivity contribution is -0.168. The maximum absolute atomic E-state index is 11.6. The predicted octanol–water partition coefficient (Wildman–Crippen LogP) is 2.63. The van der Waals surface area contributed by atoms with E-state index in [1.807, 2.05) is 30.3 Å². The molecule has 0 aliphatic carbocycles. The molecule has 100 valence electrons. The standard InChI is InChI=1S/C15H18N2O2/c1-17(19-2)15(18)11-9-13-8-10-14(16-13)12-6-4-3-5-7-12/h3-8,10,16H,9,11H2,1-2H3. The van der Waals surface area contributed by atoms with Crippen molar-refractivity contribution in [2.24, 2.45) is 0 Å². The van der Waals surface area contributed by atoms with E-state index in [0.29, 0.717) is 12.8 Å². The van der Waals surface area contributed by atoms with Crippen LogP contribution in [0, 0.1) is 0 Å². The number of nitrogens with zero attached hydrogens (tertiary/aromatic N) is 1. The van der Waals surface area contributed by atoms with Crippen molar-refractivity contribution in [3.63, 3.8) is 0 Å². The summed E-state index contributed by atoms with van der Waals surface area (Å²) >= 11 is 0. The Kier molecular flexibility index (Phi) is 4.36. The molecule has 2 rings (SSSR count). The number of aromatic amines is 1. The molecule has 0 saturated heterocycles. The first-order chi connectivity index (χ1) is 9.20. The van der Waals surface area contributed by atoms with Crippen LogP contribution in [0.5, 0.6) is 0 Å². The molecule has 0 aliphatic heterocycles. The number of aromatic nitrogens is 1. The van der Waals surface area contributed by atoms with Gasteiger partial charge in [0.25, 0.3) is 0 Å². The zero-order valence-corrected chi connectivity index (χ0v) is 11.2. The molecule has 19 heavy (non-hydrogen) atoms. The van der Waals surface area contributed by atoms with Crippen molar-refractivity contribution in [3.05, 3.63) is 48.2 Å². The Balaban J connectivity index is 1.97. The van der Waals surface area contributed by atoms with Gasteiger partial charge in [-0.05, 0) is 24.1 Å². The molecule has 1 N–H and O–H groups in total. The Bertz CT molecular complexity index is 534. The van der Waals surface area contributed by atoms with Crippen LogP contribution in [-0.2, 0) is 16.1 Å². The molecule has 2 aromatic rings. The van der Waals surface area contributed by atoms with Crippen LogP contribution in [0.25, 0.3) is 11.3 Å². The summed E-state index contributed by atoms with van der Waals surface area (Å²) in [6.07, 6.45) is 1.11. The van der Waals surface area contributed by atoms with Crippen LogP contribution in [0.4, 0.5) is 0 Å². The van der Waals surface area contributed by atoms with Gasteiger partial charge in [0.05, 0.1) is 7.11 Å². The van der Waals surface area contributed by atoms with E-state index >= 15 is 0 Å². The lowest BCUT2D eigenvalue weighted by atomic mass is 10.2. The Hall–Kier alpha value is -2.07. The Morgan fingerprint density at radius 3 is 2.63 bits per heavy atom. The van der Waals surface area contributed by atoms with Crippen LogP contribution in [0.3, 0.4) is 0 Å². The number of nitrogens with one attached hydrogen (secondary N) is 1. The molecule has 4 nitrogen and oxygen atoms in total. The fourth-order valence-electron chi connectivity index (χ4n) is 1.87. The number of amides is 1. The van der Waals surface area contributed by atoms with Gasteiger partial charge in [0.2, 0.25) is 5.91 Å². The van der Waals surface area contributed by atoms with Crippen LogP contribution in [0.2, 0.25) is 0 Å². The number of rotatable bonds is 5. The molecule has 0 bridgehead atoms. The monoisotopic (exact) mass is 258 g/mol. The lowest BCUT2D eigenvalue weighted by Crippen LogP contribution is -2.25. The van der Waals surface area contributed by atoms with Crippen LogP contribution in [0.15, 0.2) is 42.5 Å². The van der Waals surface area contributed by atoms with Gasteiger partial charge < -0.3 is 4.98 Å². The third-order valence-electron chi connectivity index (χ3n) is 3.06. The fourth-order valence-corrected chi connectivity index (χ4v) is 1.87. The lowest BCUT2D eigenvalue weighted by Gasteiger charge is -2.12. The van der Waals surface area contributed by atoms with Gasteiger partial charge >= 0.3 is 0 Å². The van der Waals surface area contributed by atoms with Crippen molar-refractivity contribution in [2.75, 3.05) is 14.2 Å². The first-order valence-corrected chi connectivity index (χ1v) is 6.24. The van der Waals surface area contributed by atoms with E-state index in [4.69, 9.17) is 4.84 Å². The van der Waals surface area contributed by atoms with E-state index < -0.39 is 0 Å². The van der Waals surface area contributed by atoms with Gasteiger partial charge in [0.1, 0.15) is 0 Å². The number of hydrogen-bond acceptors (Lipinski definition) is 2. The Morgan fingerprint density at radius 2 is 1.95 bits per heavy atom. The molecular formula is C15H18N2O2. The minimum Gasteiger partial charge on any atom is -0.358 e. The third kappa shape index (κ3) is 3.45. The second-order valence-electron chi connectivity index (χ2n) is 4.34. The van der Waals surface area contributed by atoms with E-state index in [1.54, 1.807) is 7.05 Å². The maximum atomic E-state index is 11.6. The second-order valence-corrected chi connectivity index (χ2v) is 4.34. The highest BCUT2D eigenvalue weighted by atomic mass is 16.7. The summed E-state index contributed by atoms with van der Waals surface area (Å²) in [6.45, 7) is 0. The molecule has 1 heterocycles. The molecule has 0 atom stereocenters. The van der Waals surface area contributed by atoms with Gasteiger partial charge in [-0.25, -0.2) is 5.06 Å². The normalized spacial score (nSPS) is 10.4. The summed E-state index contributed by atoms with van der Waals surface area (Å²) in [6, 6.07) is 14.2. The molecule has 0 unspecified atom stereocenters. The second kappa shape index (κ2) is 6.20. The van der Waals surface area contributed by atoms with Gasteiger partial charge in [-0.1, -0.05) is 30.3 Å². The zero-order valence-electron chi connectivity index (χ0n) is 11.2. The van der Waals surface area contributed by atoms with Gasteiger partial charge in [0.15, 0.2) is 0 Å². The molecular weight excluding hydrogens is 240 g/mol. The molecule has 1 aromatic heterocycles. The first kappa shape index (κ1) is 13.4. The highest BCUT2D eigenvalue weighted by Gasteiger charge is 2.09. The number of H-pyrrole nitrogens is 1. The SMILES string of the molecule is CON(C)C(=O)CCc1ccc(-c2ccccc2)[nH]1. The number of hydrogen-bond donors (Lipinski definition) is 1. The van der Waals surface area contributed by atoms with Gasteiger partial charge in [-0.2, -0.15) is 0 Å². The maximum Gasteiger partial charge on any atom is 0.246 e. The minimum atomic E-state index is -0.0293. The largest absolute Gasteiger partial charge is 0.358 e. The minimum absolute atomic E-state index is 0.0293. The summed E-state index contributed by atoms with van der Waals surface area (Å²) in [5, 5.41) is 1.25. The molecule has 0 aliphatic rings. The predicted molar refractivity (Wildman–Crippen MR) is 74.3 cm³/mol. The Morgan fingerprint density at radius 1 is 1.21 bits per heavy atom. The van der Waals surface area contributed by atoms with E-state index in [-0.39, 0.29) is 5.91 Å². The van der Waals surface area contributed by atoms with E-state index in [0.717, 1.165) is 17.0 Å². The van der Waals surface area contributed by atoms with Gasteiger partial charge in [-0.15, -0.1) is 0 Å². The number of carbonyl (C=O) groups excluding carboxylic acids is 1. The number of aryl methyl sites for hydroxylation is 1. The summed E-state index contributed by atoms with van der Waals surface area (Å²) in [5.41, 5.74) is 3.27. The molecule has 1 amide bonds. The van der Waals surface area contributed by atoms with Crippen molar-refractivity contribution in [1.29, 1.82) is 0 Å². The molecule has 0 fully saturated rings. The van der Waals surface area contributed by atoms with E-state index in [1.165, 1.54) is 12.2 Å². The van der Waals surface area contributed by atoms with Crippen LogP contribution in [-0.4, -0.2) is 30.1 Å². The zero-order chi connectivity index (χ0) is 13.7. The quantitative estimate of drug-likeness (QED) is 0.838. The molecule has 0 radical (unpaired) electrons. The van der Waals surface area contributed by atoms with Crippen LogP contribution >= 0.6 is 0 Å². The molecule has 0 spiro atoms. The van der Waals surface area contributed by atoms with Crippen LogP contribution < -0.4 is 0 Å². The first-order valence-electron chi connectivity index (χ1n) is 6.24. The van der Waals surface area contributed by atoms with Gasteiger partial charge in [-0.3, -0.25) is 9.63 Å². The smallest absolute Gasteiger partial charge is 0.246 e. The Labute approximate surface area is 113 Å². The van der Waals surface area contributed by atoms with Crippen molar-refractivity contribution in [2.45, 2.75) is 12.8 Å². The average molecular weight is 258 g/mol. The van der Waals surface area contributed by atoms with Crippen molar-refractivity contribution in [1.82, 2.24) is 10.0 Å². The van der Waals surface area contributed by atoms with Crippen molar-refractivity contribution < 1.29 is 9.63 Å². The number of carbonyl (C=O) groups is 1. The summed E-state index contributed by atoms with van der Waals surface area (Å²) in [5.74, 6) is -0.0293. The molecule has 0 saturated carbocycles. The van der Waals surface area contributed by atoms with E-state index in [9.17, 15) is 4.79 Å². The number of benzene rings is 1. The van der Waals surface area contributed by atoms with Gasteiger partial charge in [0, 0.05) is 24.9 Å². The highest BCUT2D eigenvalue weighted by Crippen LogP contribution is 2.18. The topological polar surface area (TPSA) is 45.3 Å². The highest BCUT2D eigenvalue weighted by molar-refractivity contribution is 5.75. The van der Waals surface area contributed by atoms with Crippen molar-refractivity contribution in [3.8, 4) is 11.3 Å². The van der Waals surface area contributed by atoms with Crippen molar-refractivity contribution >= 4 is 5.91 Å². The number of hydroxylamine groups is 2. The molecule has 4 heteroatoms. The van der Waals surface area contributed by atoms with E-state index in [2.05, 4.69) is 17.1 Å². The fraction of sp³-hybridized carbons (Fsp3) is 0.267. The van der Waals surface area contributed by atoms with Crippen LogP contribution in [0.1, 0.15) is 12.1 Å². The summed E-state index contributed by atoms with van der Waals surface area (Å²) < 4.78 is 0. The molecule has 1 aromatic carbocycles. The third-order valence-corrected chi connectivity index (χ3v) is 3.06.